The van der Waals surface area contributed by atoms with Crippen molar-refractivity contribution in [1.82, 2.24) is 25.3 Å². The van der Waals surface area contributed by atoms with Crippen LogP contribution in [-0.4, -0.2) is 50.8 Å². The molecule has 2 N–H and O–H groups in total. The molecule has 29 heavy (non-hydrogen) atoms. The molecule has 2 aromatic heterocycles. The van der Waals surface area contributed by atoms with Crippen LogP contribution in [0.2, 0.25) is 0 Å². The molecule has 3 aliphatic rings. The summed E-state index contributed by atoms with van der Waals surface area (Å²) in [5.41, 5.74) is -0.141. The van der Waals surface area contributed by atoms with E-state index in [9.17, 15) is 18.0 Å². The maximum Gasteiger partial charge on any atom is 0.419 e. The van der Waals surface area contributed by atoms with Crippen molar-refractivity contribution in [1.29, 1.82) is 0 Å². The van der Waals surface area contributed by atoms with E-state index in [1.807, 2.05) is 4.90 Å². The maximum absolute atomic E-state index is 12.1. The summed E-state index contributed by atoms with van der Waals surface area (Å²) < 4.78 is 40.2. The quantitative estimate of drug-likeness (QED) is 0.800. The largest absolute Gasteiger partial charge is 0.419 e. The van der Waals surface area contributed by atoms with E-state index in [1.165, 1.54) is 25.7 Å². The van der Waals surface area contributed by atoms with Crippen LogP contribution in [0, 0.1) is 5.41 Å². The summed E-state index contributed by atoms with van der Waals surface area (Å²) in [4.78, 5) is 14.1. The first-order chi connectivity index (χ1) is 13.8. The van der Waals surface area contributed by atoms with E-state index in [0.29, 0.717) is 23.2 Å². The highest BCUT2D eigenvalue weighted by Crippen LogP contribution is 2.53. The fraction of sp³-hybridized carbons (Fsp3) is 0.667. The van der Waals surface area contributed by atoms with Gasteiger partial charge in [-0.05, 0) is 43.9 Å². The molecular weight excluding hydrogens is 389 g/mol. The molecule has 2 saturated carbocycles. The summed E-state index contributed by atoms with van der Waals surface area (Å²) in [6.45, 7) is 2.05. The number of nitrogens with zero attached hydrogens (tertiary/aromatic N) is 4. The molecule has 1 amide bonds. The normalized spacial score (nSPS) is 20.2. The molecule has 11 heteroatoms. The number of H-pyrrole nitrogens is 1. The van der Waals surface area contributed by atoms with Crippen molar-refractivity contribution in [3.8, 4) is 0 Å². The van der Waals surface area contributed by atoms with Crippen molar-refractivity contribution >= 4 is 11.9 Å². The summed E-state index contributed by atoms with van der Waals surface area (Å²) in [5.74, 6) is 1.28. The highest BCUT2D eigenvalue weighted by molar-refractivity contribution is 5.80. The molecule has 1 aliphatic heterocycles. The molecule has 8 nitrogen and oxygen atoms in total. The molecular formula is C18H23F3N6O2. The van der Waals surface area contributed by atoms with Crippen LogP contribution in [0.4, 0.5) is 19.2 Å². The second kappa shape index (κ2) is 7.68. The van der Waals surface area contributed by atoms with Gasteiger partial charge < -0.3 is 14.6 Å². The Bertz CT molecular complexity index is 817. The van der Waals surface area contributed by atoms with Crippen LogP contribution >= 0.6 is 0 Å². The van der Waals surface area contributed by atoms with Gasteiger partial charge in [0.2, 0.25) is 11.8 Å². The van der Waals surface area contributed by atoms with Gasteiger partial charge in [0.1, 0.15) is 0 Å². The molecule has 0 bridgehead atoms. The lowest BCUT2D eigenvalue weighted by molar-refractivity contribution is -0.137. The summed E-state index contributed by atoms with van der Waals surface area (Å²) in [6.07, 6.45) is 4.61. The number of hydrogen-bond donors (Lipinski definition) is 2. The Kier molecular flexibility index (Phi) is 5.22. The third-order valence-corrected chi connectivity index (χ3v) is 5.72. The highest BCUT2D eigenvalue weighted by atomic mass is 19.4. The van der Waals surface area contributed by atoms with E-state index in [0.717, 1.165) is 38.3 Å². The smallest absolute Gasteiger partial charge is 0.408 e. The number of alkyl halides is 3. The topological polar surface area (TPSA) is 99.9 Å². The van der Waals surface area contributed by atoms with E-state index < -0.39 is 11.7 Å². The Morgan fingerprint density at radius 2 is 1.97 bits per heavy atom. The van der Waals surface area contributed by atoms with Gasteiger partial charge in [-0.15, -0.1) is 5.10 Å². The third kappa shape index (κ3) is 5.07. The lowest BCUT2D eigenvalue weighted by Crippen LogP contribution is -2.41. The van der Waals surface area contributed by atoms with Gasteiger partial charge in [-0.2, -0.15) is 18.3 Å². The second-order valence-corrected chi connectivity index (χ2v) is 7.94. The molecule has 0 unspecified atom stereocenters. The van der Waals surface area contributed by atoms with Crippen LogP contribution in [0.1, 0.15) is 55.9 Å². The molecule has 0 radical (unpaired) electrons. The lowest BCUT2D eigenvalue weighted by atomic mass is 9.94. The number of anilines is 1. The van der Waals surface area contributed by atoms with Crippen molar-refractivity contribution in [2.75, 3.05) is 25.0 Å². The fourth-order valence-electron chi connectivity index (χ4n) is 3.38. The van der Waals surface area contributed by atoms with Crippen LogP contribution in [-0.2, 0) is 11.0 Å². The zero-order chi connectivity index (χ0) is 20.5. The van der Waals surface area contributed by atoms with Crippen molar-refractivity contribution in [2.45, 2.75) is 50.6 Å². The minimum absolute atomic E-state index is 0.131. The Labute approximate surface area is 165 Å². The zero-order valence-electron chi connectivity index (χ0n) is 15.8. The van der Waals surface area contributed by atoms with E-state index in [-0.39, 0.29) is 12.5 Å². The minimum Gasteiger partial charge on any atom is -0.408 e. The van der Waals surface area contributed by atoms with E-state index in [4.69, 9.17) is 4.42 Å². The number of halogens is 3. The number of hydrogen-bond acceptors (Lipinski definition) is 6. The van der Waals surface area contributed by atoms with E-state index >= 15 is 0 Å². The summed E-state index contributed by atoms with van der Waals surface area (Å²) >= 11 is 0. The molecule has 3 heterocycles. The molecule has 2 aliphatic carbocycles. The number of carbonyl (C=O) groups excluding carboxylic acids is 1. The first-order valence-electron chi connectivity index (χ1n) is 9.76. The summed E-state index contributed by atoms with van der Waals surface area (Å²) in [7, 11) is 0. The molecule has 5 rings (SSSR count). The van der Waals surface area contributed by atoms with Crippen LogP contribution in [0.5, 0.6) is 0 Å². The molecule has 1 spiro atoms. The fourth-order valence-corrected chi connectivity index (χ4v) is 3.38. The SMILES string of the molecule is FC(F)(F)c1cn[nH]c1.O=C(CNc1nnc(C2CC2)o1)N1CCC2(CC1)CC2. The van der Waals surface area contributed by atoms with Crippen molar-refractivity contribution in [3.63, 3.8) is 0 Å². The van der Waals surface area contributed by atoms with Crippen LogP contribution in [0.3, 0.4) is 0 Å². The third-order valence-electron chi connectivity index (χ3n) is 5.72. The van der Waals surface area contributed by atoms with Gasteiger partial charge in [0.25, 0.3) is 0 Å². The first-order valence-corrected chi connectivity index (χ1v) is 9.76. The van der Waals surface area contributed by atoms with E-state index in [1.54, 1.807) is 0 Å². The van der Waals surface area contributed by atoms with Crippen LogP contribution in [0.25, 0.3) is 0 Å². The van der Waals surface area contributed by atoms with Gasteiger partial charge in [-0.3, -0.25) is 9.89 Å². The predicted molar refractivity (Wildman–Crippen MR) is 95.8 cm³/mol. The van der Waals surface area contributed by atoms with Crippen LogP contribution in [0.15, 0.2) is 16.8 Å². The first kappa shape index (κ1) is 19.7. The molecule has 0 aromatic carbocycles. The number of nitrogens with one attached hydrogen (secondary N) is 2. The Balaban J connectivity index is 0.000000192. The predicted octanol–water partition coefficient (Wildman–Crippen LogP) is 3.19. The zero-order valence-corrected chi connectivity index (χ0v) is 15.8. The molecule has 158 valence electrons. The maximum atomic E-state index is 12.1. The molecule has 2 aromatic rings. The van der Waals surface area contributed by atoms with Gasteiger partial charge in [0.15, 0.2) is 0 Å². The van der Waals surface area contributed by atoms with Crippen molar-refractivity contribution in [3.05, 3.63) is 23.8 Å². The monoisotopic (exact) mass is 412 g/mol. The average Bonchev–Trinajstić information content (AvgIpc) is 3.55. The van der Waals surface area contributed by atoms with Gasteiger partial charge in [0, 0.05) is 25.2 Å². The standard InChI is InChI=1S/C14H20N4O2.C4H3F3N2/c19-11(18-7-5-14(3-4-14)6-8-18)9-15-13-17-16-12(20-13)10-1-2-10;5-4(6,7)3-1-8-9-2-3/h10H,1-9H2,(H,15,17);1-2H,(H,8,9). The number of carbonyl (C=O) groups is 1. The molecule has 0 atom stereocenters. The van der Waals surface area contributed by atoms with Gasteiger partial charge >= 0.3 is 12.2 Å². The Hall–Kier alpha value is -2.59. The molecule has 3 fully saturated rings. The Morgan fingerprint density at radius 1 is 1.24 bits per heavy atom. The number of aromatic nitrogens is 4. The highest BCUT2D eigenvalue weighted by Gasteiger charge is 2.45. The van der Waals surface area contributed by atoms with Gasteiger partial charge in [0.05, 0.1) is 18.3 Å². The average molecular weight is 412 g/mol. The number of aromatic amines is 1. The number of rotatable bonds is 4. The summed E-state index contributed by atoms with van der Waals surface area (Å²) in [6, 6.07) is 0.371. The van der Waals surface area contributed by atoms with Gasteiger partial charge in [-0.1, -0.05) is 5.10 Å². The number of likely N-dealkylation sites (tertiary alicyclic amines) is 1. The van der Waals surface area contributed by atoms with Crippen molar-refractivity contribution in [2.24, 2.45) is 5.41 Å². The second-order valence-electron chi connectivity index (χ2n) is 7.94. The summed E-state index contributed by atoms with van der Waals surface area (Å²) in [5, 5.41) is 16.1. The minimum atomic E-state index is -4.27. The lowest BCUT2D eigenvalue weighted by Gasteiger charge is -2.32. The number of piperidine rings is 1. The van der Waals surface area contributed by atoms with Crippen LogP contribution < -0.4 is 5.32 Å². The van der Waals surface area contributed by atoms with Crippen molar-refractivity contribution < 1.29 is 22.4 Å². The van der Waals surface area contributed by atoms with E-state index in [2.05, 4.69) is 25.7 Å². The number of amides is 1. The molecule has 1 saturated heterocycles. The van der Waals surface area contributed by atoms with Gasteiger partial charge in [-0.25, -0.2) is 0 Å². The Morgan fingerprint density at radius 3 is 2.48 bits per heavy atom.